The SMILES string of the molecule is C1C[C-]2CCC(C1)C2.[Br-].[Mg+2]. The molecule has 0 spiro atoms. The van der Waals surface area contributed by atoms with Crippen molar-refractivity contribution in [2.24, 2.45) is 5.92 Å². The molecule has 0 amide bonds. The van der Waals surface area contributed by atoms with Gasteiger partial charge in [-0.3, -0.25) is 0 Å². The van der Waals surface area contributed by atoms with E-state index in [1.807, 2.05) is 5.92 Å². The summed E-state index contributed by atoms with van der Waals surface area (Å²) >= 11 is 0. The molecule has 2 saturated carbocycles. The van der Waals surface area contributed by atoms with Crippen LogP contribution in [0.5, 0.6) is 0 Å². The van der Waals surface area contributed by atoms with E-state index in [0.29, 0.717) is 0 Å². The van der Waals surface area contributed by atoms with Gasteiger partial charge >= 0.3 is 23.1 Å². The standard InChI is InChI=1S/C8H13.BrH.Mg/c1-2-7-4-5-8(3-1)6-7;;/h7H,1-6H2;1H;/q-1;;+2/p-1. The van der Waals surface area contributed by atoms with E-state index in [-0.39, 0.29) is 40.0 Å². The molecule has 0 radical (unpaired) electrons. The van der Waals surface area contributed by atoms with Crippen molar-refractivity contribution in [1.82, 2.24) is 0 Å². The number of hydrogen-bond donors (Lipinski definition) is 0. The molecule has 0 saturated heterocycles. The molecule has 0 aliphatic heterocycles. The third kappa shape index (κ3) is 2.38. The second-order valence-electron chi connectivity index (χ2n) is 3.25. The predicted octanol–water partition coefficient (Wildman–Crippen LogP) is -0.832. The summed E-state index contributed by atoms with van der Waals surface area (Å²) in [6.45, 7) is 0. The van der Waals surface area contributed by atoms with Crippen LogP contribution in [0.1, 0.15) is 38.5 Å². The molecule has 0 aromatic heterocycles. The van der Waals surface area contributed by atoms with E-state index >= 15 is 0 Å². The summed E-state index contributed by atoms with van der Waals surface area (Å²) in [5, 5.41) is 0. The number of fused-ring (bicyclic) bond motifs is 2. The summed E-state index contributed by atoms with van der Waals surface area (Å²) in [6.07, 6.45) is 9.00. The topological polar surface area (TPSA) is 0 Å². The van der Waals surface area contributed by atoms with Crippen LogP contribution in [-0.2, 0) is 0 Å². The molecule has 1 atom stereocenters. The minimum atomic E-state index is 0. The van der Waals surface area contributed by atoms with Gasteiger partial charge in [0, 0.05) is 0 Å². The molecule has 0 aromatic carbocycles. The smallest absolute Gasteiger partial charge is 1.00 e. The normalized spacial score (nSPS) is 30.6. The van der Waals surface area contributed by atoms with Crippen molar-refractivity contribution in [2.75, 3.05) is 0 Å². The predicted molar refractivity (Wildman–Crippen MR) is 40.2 cm³/mol. The number of halogens is 1. The quantitative estimate of drug-likeness (QED) is 0.364. The van der Waals surface area contributed by atoms with Crippen LogP contribution < -0.4 is 17.0 Å². The van der Waals surface area contributed by atoms with E-state index in [4.69, 9.17) is 0 Å². The molecule has 0 nitrogen and oxygen atoms in total. The minimum Gasteiger partial charge on any atom is -1.00 e. The largest absolute Gasteiger partial charge is 2.00 e. The van der Waals surface area contributed by atoms with Crippen molar-refractivity contribution in [3.63, 3.8) is 0 Å². The van der Waals surface area contributed by atoms with Crippen LogP contribution in [0.25, 0.3) is 0 Å². The van der Waals surface area contributed by atoms with Crippen LogP contribution in [0.3, 0.4) is 0 Å². The average Bonchev–Trinajstić information content (AvgIpc) is 2.12. The van der Waals surface area contributed by atoms with Gasteiger partial charge in [0.05, 0.1) is 0 Å². The van der Waals surface area contributed by atoms with Crippen molar-refractivity contribution in [1.29, 1.82) is 0 Å². The zero-order valence-electron chi connectivity index (χ0n) is 6.41. The van der Waals surface area contributed by atoms with Crippen molar-refractivity contribution in [2.45, 2.75) is 38.5 Å². The summed E-state index contributed by atoms with van der Waals surface area (Å²) in [5.74, 6) is 3.00. The minimum absolute atomic E-state index is 0. The molecule has 0 aromatic rings. The van der Waals surface area contributed by atoms with Gasteiger partial charge in [0.1, 0.15) is 0 Å². The maximum atomic E-state index is 1.88. The molecule has 10 heavy (non-hydrogen) atoms. The fourth-order valence-corrected chi connectivity index (χ4v) is 2.13. The Labute approximate surface area is 90.1 Å². The van der Waals surface area contributed by atoms with Gasteiger partial charge in [-0.2, -0.15) is 19.3 Å². The second kappa shape index (κ2) is 4.99. The third-order valence-electron chi connectivity index (χ3n) is 2.63. The van der Waals surface area contributed by atoms with Gasteiger partial charge in [-0.25, -0.2) is 0 Å². The molecule has 0 heterocycles. The van der Waals surface area contributed by atoms with Gasteiger partial charge in [0.25, 0.3) is 0 Å². The Morgan fingerprint density at radius 1 is 1.10 bits per heavy atom. The molecule has 2 rings (SSSR count). The van der Waals surface area contributed by atoms with Gasteiger partial charge in [0.2, 0.25) is 0 Å². The molecule has 2 fully saturated rings. The molecular weight excluding hydrogens is 200 g/mol. The van der Waals surface area contributed by atoms with E-state index in [1.165, 1.54) is 38.5 Å². The van der Waals surface area contributed by atoms with Crippen molar-refractivity contribution >= 4 is 23.1 Å². The Hall–Kier alpha value is 1.25. The molecule has 2 heteroatoms. The molecule has 2 aliphatic rings. The Morgan fingerprint density at radius 3 is 2.50 bits per heavy atom. The van der Waals surface area contributed by atoms with E-state index in [0.717, 1.165) is 5.92 Å². The van der Waals surface area contributed by atoms with E-state index < -0.39 is 0 Å². The van der Waals surface area contributed by atoms with Crippen LogP contribution in [-0.4, -0.2) is 23.1 Å². The first kappa shape index (κ1) is 11.2. The van der Waals surface area contributed by atoms with Crippen LogP contribution in [0, 0.1) is 11.8 Å². The first-order valence-electron chi connectivity index (χ1n) is 3.79. The fourth-order valence-electron chi connectivity index (χ4n) is 2.13. The van der Waals surface area contributed by atoms with E-state index in [2.05, 4.69) is 0 Å². The van der Waals surface area contributed by atoms with Crippen LogP contribution in [0.4, 0.5) is 0 Å². The molecular formula is C8H13BrMg. The number of hydrogen-bond acceptors (Lipinski definition) is 0. The van der Waals surface area contributed by atoms with E-state index in [9.17, 15) is 0 Å². The summed E-state index contributed by atoms with van der Waals surface area (Å²) in [4.78, 5) is 0. The van der Waals surface area contributed by atoms with E-state index in [1.54, 1.807) is 0 Å². The van der Waals surface area contributed by atoms with Crippen LogP contribution in [0.2, 0.25) is 0 Å². The summed E-state index contributed by atoms with van der Waals surface area (Å²) < 4.78 is 0. The summed E-state index contributed by atoms with van der Waals surface area (Å²) in [7, 11) is 0. The monoisotopic (exact) mass is 212 g/mol. The molecule has 1 unspecified atom stereocenters. The first-order valence-corrected chi connectivity index (χ1v) is 3.79. The Balaban J connectivity index is 0.000000405. The Morgan fingerprint density at radius 2 is 1.90 bits per heavy atom. The van der Waals surface area contributed by atoms with Gasteiger partial charge in [-0.05, 0) is 0 Å². The average molecular weight is 213 g/mol. The number of rotatable bonds is 0. The maximum absolute atomic E-state index is 1.88. The second-order valence-corrected chi connectivity index (χ2v) is 3.25. The van der Waals surface area contributed by atoms with Gasteiger partial charge in [0.15, 0.2) is 0 Å². The summed E-state index contributed by atoms with van der Waals surface area (Å²) in [6, 6.07) is 0. The zero-order chi connectivity index (χ0) is 5.40. The van der Waals surface area contributed by atoms with Gasteiger partial charge in [-0.1, -0.05) is 25.2 Å². The van der Waals surface area contributed by atoms with Gasteiger partial charge < -0.3 is 22.9 Å². The molecule has 2 aliphatic carbocycles. The van der Waals surface area contributed by atoms with Crippen molar-refractivity contribution in [3.05, 3.63) is 5.92 Å². The zero-order valence-corrected chi connectivity index (χ0v) is 9.41. The Kier molecular flexibility index (Phi) is 5.61. The van der Waals surface area contributed by atoms with Gasteiger partial charge in [-0.15, -0.1) is 0 Å². The van der Waals surface area contributed by atoms with Crippen molar-refractivity contribution in [3.8, 4) is 0 Å². The summed E-state index contributed by atoms with van der Waals surface area (Å²) in [5.41, 5.74) is 0. The Bertz CT molecular complexity index is 81.3. The van der Waals surface area contributed by atoms with Crippen LogP contribution in [0.15, 0.2) is 0 Å². The third-order valence-corrected chi connectivity index (χ3v) is 2.63. The van der Waals surface area contributed by atoms with Crippen LogP contribution >= 0.6 is 0 Å². The molecule has 54 valence electrons. The fraction of sp³-hybridized carbons (Fsp3) is 0.875. The molecule has 0 N–H and O–H groups in total. The van der Waals surface area contributed by atoms with Crippen molar-refractivity contribution < 1.29 is 17.0 Å². The maximum Gasteiger partial charge on any atom is 2.00 e. The first-order chi connectivity index (χ1) is 3.95. The molecule has 2 bridgehead atoms.